The number of hydrogen-bond acceptors (Lipinski definition) is 2. The van der Waals surface area contributed by atoms with E-state index in [2.05, 4.69) is 19.2 Å². The molecule has 4 heteroatoms. The minimum atomic E-state index is -0.680. The third-order valence-electron chi connectivity index (χ3n) is 4.49. The second-order valence-corrected chi connectivity index (χ2v) is 6.24. The summed E-state index contributed by atoms with van der Waals surface area (Å²) in [5.41, 5.74) is -0.680. The number of nitrogens with zero attached hydrogens (tertiary/aromatic N) is 1. The standard InChI is InChI=1S/C16H30N2O2/c1-6-13-14(19)17-16(7-2,8-3)15(20)18(13)11-9-10-12(4)5/h12-13H,6-11H2,1-5H3,(H,17,19). The summed E-state index contributed by atoms with van der Waals surface area (Å²) in [7, 11) is 0. The van der Waals surface area contributed by atoms with Crippen LogP contribution in [0.3, 0.4) is 0 Å². The minimum Gasteiger partial charge on any atom is -0.340 e. The van der Waals surface area contributed by atoms with Gasteiger partial charge in [-0.15, -0.1) is 0 Å². The van der Waals surface area contributed by atoms with Crippen molar-refractivity contribution in [1.29, 1.82) is 0 Å². The van der Waals surface area contributed by atoms with Crippen LogP contribution in [0.5, 0.6) is 0 Å². The highest BCUT2D eigenvalue weighted by Gasteiger charge is 2.47. The quantitative estimate of drug-likeness (QED) is 0.780. The van der Waals surface area contributed by atoms with E-state index in [-0.39, 0.29) is 17.9 Å². The van der Waals surface area contributed by atoms with E-state index in [9.17, 15) is 9.59 Å². The van der Waals surface area contributed by atoms with Gasteiger partial charge in [0.15, 0.2) is 0 Å². The number of carbonyl (C=O) groups excluding carboxylic acids is 2. The maximum Gasteiger partial charge on any atom is 0.248 e. The molecule has 1 atom stereocenters. The average Bonchev–Trinajstić information content (AvgIpc) is 2.42. The van der Waals surface area contributed by atoms with E-state index < -0.39 is 5.54 Å². The molecule has 4 nitrogen and oxygen atoms in total. The van der Waals surface area contributed by atoms with Gasteiger partial charge in [0.1, 0.15) is 11.6 Å². The first-order chi connectivity index (χ1) is 9.41. The summed E-state index contributed by atoms with van der Waals surface area (Å²) in [5.74, 6) is 0.754. The second kappa shape index (κ2) is 7.09. The molecule has 0 aromatic carbocycles. The van der Waals surface area contributed by atoms with E-state index in [1.54, 1.807) is 0 Å². The van der Waals surface area contributed by atoms with Crippen molar-refractivity contribution in [1.82, 2.24) is 10.2 Å². The molecule has 0 spiro atoms. The number of hydrogen-bond donors (Lipinski definition) is 1. The number of carbonyl (C=O) groups is 2. The van der Waals surface area contributed by atoms with Gasteiger partial charge in [0.2, 0.25) is 11.8 Å². The summed E-state index contributed by atoms with van der Waals surface area (Å²) in [6, 6.07) is -0.291. The third-order valence-corrected chi connectivity index (χ3v) is 4.49. The largest absolute Gasteiger partial charge is 0.340 e. The average molecular weight is 282 g/mol. The van der Waals surface area contributed by atoms with Crippen LogP contribution in [-0.4, -0.2) is 34.8 Å². The van der Waals surface area contributed by atoms with Crippen molar-refractivity contribution >= 4 is 11.8 Å². The lowest BCUT2D eigenvalue weighted by Gasteiger charge is -2.45. The van der Waals surface area contributed by atoms with Gasteiger partial charge in [-0.1, -0.05) is 34.6 Å². The monoisotopic (exact) mass is 282 g/mol. The Morgan fingerprint density at radius 3 is 2.25 bits per heavy atom. The van der Waals surface area contributed by atoms with E-state index in [4.69, 9.17) is 0 Å². The Bertz CT molecular complexity index is 348. The molecule has 1 aliphatic heterocycles. The lowest BCUT2D eigenvalue weighted by atomic mass is 9.86. The molecule has 0 radical (unpaired) electrons. The van der Waals surface area contributed by atoms with Gasteiger partial charge in [-0.05, 0) is 38.0 Å². The summed E-state index contributed by atoms with van der Waals surface area (Å²) in [6.45, 7) is 11.0. The molecule has 116 valence electrons. The Hall–Kier alpha value is -1.06. The van der Waals surface area contributed by atoms with Crippen LogP contribution in [0.4, 0.5) is 0 Å². The zero-order valence-electron chi connectivity index (χ0n) is 13.7. The molecule has 0 aliphatic carbocycles. The van der Waals surface area contributed by atoms with E-state index in [0.29, 0.717) is 31.7 Å². The van der Waals surface area contributed by atoms with Crippen LogP contribution in [0.1, 0.15) is 66.7 Å². The maximum absolute atomic E-state index is 12.8. The molecule has 1 aliphatic rings. The summed E-state index contributed by atoms with van der Waals surface area (Å²) in [4.78, 5) is 26.9. The molecule has 0 bridgehead atoms. The Labute approximate surface area is 123 Å². The molecule has 0 aromatic heterocycles. The predicted octanol–water partition coefficient (Wildman–Crippen LogP) is 2.72. The van der Waals surface area contributed by atoms with Crippen LogP contribution in [0.15, 0.2) is 0 Å². The van der Waals surface area contributed by atoms with Gasteiger partial charge in [-0.3, -0.25) is 9.59 Å². The summed E-state index contributed by atoms with van der Waals surface area (Å²) in [6.07, 6.45) is 4.06. The smallest absolute Gasteiger partial charge is 0.248 e. The lowest BCUT2D eigenvalue weighted by Crippen LogP contribution is -2.70. The number of piperazine rings is 1. The molecule has 1 rings (SSSR count). The number of amides is 2. The summed E-state index contributed by atoms with van der Waals surface area (Å²) >= 11 is 0. The Morgan fingerprint density at radius 1 is 1.20 bits per heavy atom. The molecule has 1 saturated heterocycles. The summed E-state index contributed by atoms with van der Waals surface area (Å²) < 4.78 is 0. The van der Waals surface area contributed by atoms with Crippen molar-refractivity contribution in [3.63, 3.8) is 0 Å². The topological polar surface area (TPSA) is 49.4 Å². The number of rotatable bonds is 7. The molecule has 0 saturated carbocycles. The van der Waals surface area contributed by atoms with Gasteiger partial charge < -0.3 is 10.2 Å². The fourth-order valence-electron chi connectivity index (χ4n) is 2.99. The van der Waals surface area contributed by atoms with E-state index in [1.807, 2.05) is 25.7 Å². The van der Waals surface area contributed by atoms with Crippen LogP contribution in [0, 0.1) is 5.92 Å². The van der Waals surface area contributed by atoms with Crippen molar-refractivity contribution in [2.75, 3.05) is 6.54 Å². The molecule has 0 aromatic rings. The highest BCUT2D eigenvalue weighted by Crippen LogP contribution is 2.26. The van der Waals surface area contributed by atoms with Gasteiger partial charge in [0.05, 0.1) is 0 Å². The Morgan fingerprint density at radius 2 is 1.80 bits per heavy atom. The van der Waals surface area contributed by atoms with E-state index >= 15 is 0 Å². The SMILES string of the molecule is CCC1C(=O)NC(CC)(CC)C(=O)N1CCCC(C)C. The molecule has 1 fully saturated rings. The minimum absolute atomic E-state index is 0.0142. The zero-order chi connectivity index (χ0) is 15.3. The van der Waals surface area contributed by atoms with E-state index in [0.717, 1.165) is 12.8 Å². The predicted molar refractivity (Wildman–Crippen MR) is 81.3 cm³/mol. The molecule has 20 heavy (non-hydrogen) atoms. The zero-order valence-corrected chi connectivity index (χ0v) is 13.7. The summed E-state index contributed by atoms with van der Waals surface area (Å²) in [5, 5.41) is 2.98. The van der Waals surface area contributed by atoms with Crippen molar-refractivity contribution in [3.05, 3.63) is 0 Å². The van der Waals surface area contributed by atoms with Gasteiger partial charge in [0, 0.05) is 6.54 Å². The number of nitrogens with one attached hydrogen (secondary N) is 1. The van der Waals surface area contributed by atoms with E-state index in [1.165, 1.54) is 0 Å². The fraction of sp³-hybridized carbons (Fsp3) is 0.875. The normalized spacial score (nSPS) is 22.3. The molecule has 1 unspecified atom stereocenters. The van der Waals surface area contributed by atoms with Crippen molar-refractivity contribution < 1.29 is 9.59 Å². The molecular formula is C16H30N2O2. The third kappa shape index (κ3) is 3.33. The second-order valence-electron chi connectivity index (χ2n) is 6.24. The fourth-order valence-corrected chi connectivity index (χ4v) is 2.99. The van der Waals surface area contributed by atoms with Crippen molar-refractivity contribution in [3.8, 4) is 0 Å². The highest BCUT2D eigenvalue weighted by atomic mass is 16.2. The maximum atomic E-state index is 12.8. The molecule has 1 heterocycles. The first kappa shape index (κ1) is 17.0. The Kier molecular flexibility index (Phi) is 6.03. The van der Waals surface area contributed by atoms with Crippen LogP contribution in [0.25, 0.3) is 0 Å². The van der Waals surface area contributed by atoms with Gasteiger partial charge >= 0.3 is 0 Å². The van der Waals surface area contributed by atoms with Crippen LogP contribution in [-0.2, 0) is 9.59 Å². The molecule has 1 N–H and O–H groups in total. The molecule has 2 amide bonds. The van der Waals surface area contributed by atoms with Crippen LogP contribution < -0.4 is 5.32 Å². The first-order valence-corrected chi connectivity index (χ1v) is 8.04. The van der Waals surface area contributed by atoms with Gasteiger partial charge in [-0.2, -0.15) is 0 Å². The van der Waals surface area contributed by atoms with Crippen molar-refractivity contribution in [2.24, 2.45) is 5.92 Å². The highest BCUT2D eigenvalue weighted by molar-refractivity contribution is 5.99. The lowest BCUT2D eigenvalue weighted by molar-refractivity contribution is -0.155. The Balaban J connectivity index is 2.89. The first-order valence-electron chi connectivity index (χ1n) is 8.04. The van der Waals surface area contributed by atoms with Crippen molar-refractivity contribution in [2.45, 2.75) is 78.3 Å². The molecular weight excluding hydrogens is 252 g/mol. The van der Waals surface area contributed by atoms with Crippen LogP contribution in [0.2, 0.25) is 0 Å². The van der Waals surface area contributed by atoms with Gasteiger partial charge in [0.25, 0.3) is 0 Å². The van der Waals surface area contributed by atoms with Crippen LogP contribution >= 0.6 is 0 Å². The van der Waals surface area contributed by atoms with Gasteiger partial charge in [-0.25, -0.2) is 0 Å².